The average molecular weight is 2490 g/mol. The first-order valence-corrected chi connectivity index (χ1v) is 68.1. The summed E-state index contributed by atoms with van der Waals surface area (Å²) in [7, 11) is -10.5. The van der Waals surface area contributed by atoms with Gasteiger partial charge >= 0.3 is 0 Å². The fourth-order valence-corrected chi connectivity index (χ4v) is 44.7. The van der Waals surface area contributed by atoms with Gasteiger partial charge in [-0.05, 0) is 208 Å². The van der Waals surface area contributed by atoms with Gasteiger partial charge in [0.2, 0.25) is 33.3 Å². The molecule has 5 saturated heterocycles. The van der Waals surface area contributed by atoms with Gasteiger partial charge in [0.05, 0.1) is 69.7 Å². The number of aliphatic hydroxyl groups excluding tert-OH is 11. The summed E-state index contributed by atoms with van der Waals surface area (Å²) in [6.45, 7) is 72.2. The van der Waals surface area contributed by atoms with Gasteiger partial charge < -0.3 is 97.6 Å². The monoisotopic (exact) mass is 2490 g/mol. The van der Waals surface area contributed by atoms with Gasteiger partial charge in [-0.3, -0.25) is 0 Å². The molecule has 132 heavy (non-hydrogen) atoms. The van der Waals surface area contributed by atoms with E-state index < -0.39 is 140 Å². The largest absolute Gasteiger partial charge is 0.410 e. The lowest BCUT2D eigenvalue weighted by Gasteiger charge is -2.54. The molecule has 0 saturated carbocycles. The fourth-order valence-electron chi connectivity index (χ4n) is 20.9. The fraction of sp³-hybridized carbons (Fsp3) is 0.725. The third-order valence-corrected chi connectivity index (χ3v) is 54.9. The van der Waals surface area contributed by atoms with Crippen LogP contribution in [0.15, 0.2) is 72.8 Å². The summed E-state index contributed by atoms with van der Waals surface area (Å²) in [5.41, 5.74) is 11.5. The van der Waals surface area contributed by atoms with Crippen molar-refractivity contribution in [3.8, 4) is 58.8 Å². The summed E-state index contributed by atoms with van der Waals surface area (Å²) in [6, 6.07) is 23.0. The molecule has 0 aromatic heterocycles. The Morgan fingerprint density at radius 2 is 0.500 bits per heavy atom. The Morgan fingerprint density at radius 3 is 0.750 bits per heavy atom. The summed E-state index contributed by atoms with van der Waals surface area (Å²) in [5.74, 6) is 28.9. The van der Waals surface area contributed by atoms with Crippen LogP contribution in [0.4, 0.5) is 0 Å². The summed E-state index contributed by atoms with van der Waals surface area (Å²) in [4.78, 5) is 0. The van der Waals surface area contributed by atoms with Crippen LogP contribution in [0, 0.1) is 95.6 Å². The van der Waals surface area contributed by atoms with Gasteiger partial charge in [-0.2, -0.15) is 0 Å². The zero-order chi connectivity index (χ0) is 99.8. The number of aliphatic hydroxyl groups is 11. The smallest absolute Gasteiger partial charge is 0.201 e. The van der Waals surface area contributed by atoms with Crippen LogP contribution in [0.3, 0.4) is 0 Å². The van der Waals surface area contributed by atoms with E-state index in [1.165, 1.54) is 7.14 Å². The standard InChI is InChI=1S/C52H92O7Si3.C22H26O10.C22H44O3Si2.C6H4I2.I2.HI/c1-32(2)60(33(3)4,34(5)6)57-50-42(20)41(19)48(30-53)56-47(50)29-27-45-24-22-44(23-25-45)26-28-46-43(21)51(58-61(35(7)8,36(9)10)37(11)12)52(49(31-54)55-46)59-62(38(13)14,39(15)16)40(17)18;23-9-15-19(27)21(29)17(25)13(31-15)7-5-11-1-2-12(4-3-11)6-8-14-18(26)22(30)20(28)16(10-24)32-14;1-15(2)27(16(3)4,17(5)6)25-22-19(8)18(7)21(14-23)24-20(22)12-13-26(9,10)11;7-5-1-2-6(8)4-3-5;1-2;/h22-25,32-43,46-54H,30-31H2,1-21H3;1-4,13-30H,9-10H2;15-23H,14H2,1-11H3;1-4H;;1H/t41-,42-,43+,46+,47+,48+,49+,50-,51+,52+;13-,14+,15-,16-,17-,18-,19-,20-,21-,22-;18-,19-,20+,21+,22-;;;/m010.../s1. The van der Waals surface area contributed by atoms with Gasteiger partial charge in [0.25, 0.3) is 0 Å². The third-order valence-electron chi connectivity index (χ3n) is 28.2. The molecule has 0 spiro atoms. The summed E-state index contributed by atoms with van der Waals surface area (Å²) in [5, 5.41) is 109. The second-order valence-electron chi connectivity index (χ2n) is 41.4. The molecule has 20 nitrogen and oxygen atoms in total. The Bertz CT molecular complexity index is 4010. The number of ether oxygens (including phenoxy) is 5. The molecule has 750 valence electrons. The second kappa shape index (κ2) is 57.8. The summed E-state index contributed by atoms with van der Waals surface area (Å²) < 4.78 is 62.7. The minimum atomic E-state index is -2.39. The maximum Gasteiger partial charge on any atom is 0.201 e. The van der Waals surface area contributed by atoms with E-state index in [-0.39, 0.29) is 104 Å². The SMILES string of the molecule is CC(C)[Si](O[C@@H]1[C@H](C)[C@@H](C#Cc2ccc(C#C[C@H]3O[C@H](CO)[C@@H](C)[C@H](C)[C@@H]3O[Si](C(C)C)(C(C)C)C(C)C)cc2)O[C@H](CO)[C@H]1O[Si](C(C)C)(C(C)C)C(C)C)(C(C)C)C(C)C.CC(C)[Si](O[C@H]1[C@@H](C)[C@H](C)[C@@H](CO)O[C@@H]1C#C[Si](C)(C)C)(C(C)C)C(C)C.I.II.Ic1ccc(I)cc1.OC[C@H]1O[C@@H](C#Cc2ccc(C#C[C@H]3O[C@H](CO)[C@@H](O)[C@H](O)[C@@H]3O)cc2)[C@@H](O)[C@@H](O)[C@@H]1O. The average Bonchev–Trinajstić information content (AvgIpc) is 0.733. The van der Waals surface area contributed by atoms with Crippen LogP contribution in [-0.2, 0) is 41.4 Å². The molecule has 0 bridgehead atoms. The first kappa shape index (κ1) is 126. The van der Waals surface area contributed by atoms with E-state index in [2.05, 4.69) is 386 Å². The second-order valence-corrected chi connectivity index (χ2v) is 70.3. The van der Waals surface area contributed by atoms with E-state index in [1.54, 1.807) is 24.3 Å². The highest BCUT2D eigenvalue weighted by atomic mass is 128. The third kappa shape index (κ3) is 32.2. The van der Waals surface area contributed by atoms with E-state index >= 15 is 0 Å². The molecule has 5 heterocycles. The van der Waals surface area contributed by atoms with Crippen molar-refractivity contribution in [2.45, 2.75) is 409 Å². The molecule has 0 unspecified atom stereocenters. The van der Waals surface area contributed by atoms with Crippen LogP contribution in [0.5, 0.6) is 0 Å². The predicted octanol–water partition coefficient (Wildman–Crippen LogP) is 19.3. The van der Waals surface area contributed by atoms with Gasteiger partial charge in [-0.1, -0.05) is 274 Å². The highest BCUT2D eigenvalue weighted by Gasteiger charge is 2.59. The Hall–Kier alpha value is -0.606. The molecule has 5 aliphatic rings. The Kier molecular flexibility index (Phi) is 55.0. The number of hydrogen-bond donors (Lipinski definition) is 11. The van der Waals surface area contributed by atoms with Crippen LogP contribution >= 0.6 is 106 Å². The molecule has 25 atom stereocenters. The highest BCUT2D eigenvalue weighted by molar-refractivity contribution is 15.0. The van der Waals surface area contributed by atoms with Gasteiger partial charge in [-0.15, -0.1) is 29.5 Å². The van der Waals surface area contributed by atoms with Crippen molar-refractivity contribution in [2.75, 3.05) is 33.0 Å². The van der Waals surface area contributed by atoms with Crippen LogP contribution < -0.4 is 0 Å². The van der Waals surface area contributed by atoms with E-state index in [9.17, 15) is 56.2 Å². The van der Waals surface area contributed by atoms with Gasteiger partial charge in [0.15, 0.2) is 0 Å². The molecule has 0 aliphatic carbocycles. The van der Waals surface area contributed by atoms with E-state index in [4.69, 9.17) is 41.4 Å². The maximum atomic E-state index is 11.1. The van der Waals surface area contributed by atoms with Gasteiger partial charge in [0, 0.05) is 72.5 Å². The minimum Gasteiger partial charge on any atom is -0.410 e. The molecule has 3 aromatic carbocycles. The summed E-state index contributed by atoms with van der Waals surface area (Å²) >= 11 is 8.83. The number of hydrogen-bond acceptors (Lipinski definition) is 20. The molecule has 0 radical (unpaired) electrons. The quantitative estimate of drug-likeness (QED) is 0.0213. The number of halogens is 5. The van der Waals surface area contributed by atoms with Crippen LogP contribution in [0.25, 0.3) is 0 Å². The van der Waals surface area contributed by atoms with Crippen molar-refractivity contribution in [2.24, 2.45) is 29.6 Å². The Balaban J connectivity index is 0.000000531. The van der Waals surface area contributed by atoms with Crippen molar-refractivity contribution < 1.29 is 97.6 Å². The normalized spacial score (nSPS) is 29.4. The number of rotatable bonds is 25. The van der Waals surface area contributed by atoms with Crippen LogP contribution in [-0.4, -0.2) is 253 Å². The van der Waals surface area contributed by atoms with Crippen LogP contribution in [0.2, 0.25) is 86.1 Å². The van der Waals surface area contributed by atoms with Crippen molar-refractivity contribution in [3.63, 3.8) is 0 Å². The lowest BCUT2D eigenvalue weighted by molar-refractivity contribution is -0.214. The van der Waals surface area contributed by atoms with Gasteiger partial charge in [0.1, 0.15) is 93.5 Å². The molecule has 8 rings (SSSR count). The van der Waals surface area contributed by atoms with E-state index in [1.807, 2.05) is 24.3 Å². The van der Waals surface area contributed by atoms with Crippen molar-refractivity contribution >= 4 is 148 Å². The topological polar surface area (TPSA) is 306 Å². The van der Waals surface area contributed by atoms with Crippen molar-refractivity contribution in [1.82, 2.24) is 0 Å². The molecular weight excluding hydrogens is 2320 g/mol. The minimum absolute atomic E-state index is 0. The summed E-state index contributed by atoms with van der Waals surface area (Å²) in [6.07, 6.45) is -16.1. The highest BCUT2D eigenvalue weighted by Crippen LogP contribution is 2.52. The Labute approximate surface area is 869 Å². The molecule has 5 fully saturated rings. The molecule has 0 amide bonds. The van der Waals surface area contributed by atoms with E-state index in [0.717, 1.165) is 11.1 Å². The van der Waals surface area contributed by atoms with Crippen LogP contribution in [0.1, 0.15) is 223 Å². The van der Waals surface area contributed by atoms with Gasteiger partial charge in [-0.25, -0.2) is 0 Å². The van der Waals surface area contributed by atoms with Crippen molar-refractivity contribution in [3.05, 3.63) is 102 Å². The Morgan fingerprint density at radius 1 is 0.280 bits per heavy atom. The first-order valence-electron chi connectivity index (χ1n) is 47.6. The molecule has 5 aliphatic heterocycles. The zero-order valence-corrected chi connectivity index (χ0v) is 101. The lowest BCUT2D eigenvalue weighted by Crippen LogP contribution is -2.65. The molecule has 30 heteroatoms. The predicted molar refractivity (Wildman–Crippen MR) is 591 cm³/mol. The number of benzene rings is 3. The molecule has 11 N–H and O–H groups in total. The lowest BCUT2D eigenvalue weighted by atomic mass is 9.81. The van der Waals surface area contributed by atoms with E-state index in [0.29, 0.717) is 83.5 Å². The zero-order valence-electron chi connectivity index (χ0n) is 84.8. The maximum absolute atomic E-state index is 11.1. The van der Waals surface area contributed by atoms with Crippen molar-refractivity contribution in [1.29, 1.82) is 0 Å². The molecule has 3 aromatic rings. The first-order chi connectivity index (χ1) is 61.1. The molecular formula is C102H167I5O20Si5.